The first kappa shape index (κ1) is 21.0. The van der Waals surface area contributed by atoms with E-state index < -0.39 is 0 Å². The van der Waals surface area contributed by atoms with Crippen molar-refractivity contribution in [3.8, 4) is 17.2 Å². The molecular weight excluding hydrogens is 394 g/mol. The van der Waals surface area contributed by atoms with Crippen LogP contribution in [0, 0.1) is 0 Å². The minimum absolute atomic E-state index is 0.0682. The largest absolute Gasteiger partial charge is 0.484 e. The Bertz CT molecular complexity index is 1110. The Kier molecular flexibility index (Phi) is 6.55. The molecule has 0 saturated heterocycles. The summed E-state index contributed by atoms with van der Waals surface area (Å²) in [6.45, 7) is 1.96. The van der Waals surface area contributed by atoms with Gasteiger partial charge in [0, 0.05) is 12.1 Å². The molecule has 162 valence electrons. The molecule has 1 aliphatic carbocycles. The van der Waals surface area contributed by atoms with Gasteiger partial charge in [-0.15, -0.1) is 0 Å². The molecule has 3 aromatic rings. The maximum atomic E-state index is 12.8. The van der Waals surface area contributed by atoms with E-state index in [1.807, 2.05) is 31.2 Å². The molecule has 1 amide bonds. The number of carbonyl (C=O) groups excluding carboxylic acids is 1. The van der Waals surface area contributed by atoms with Gasteiger partial charge in [-0.25, -0.2) is 0 Å². The fourth-order valence-corrected chi connectivity index (χ4v) is 3.93. The molecule has 6 heteroatoms. The molecule has 0 unspecified atom stereocenters. The average molecular weight is 421 g/mol. The second-order valence-corrected chi connectivity index (χ2v) is 7.84. The fraction of sp³-hybridized carbons (Fsp3) is 0.360. The Labute approximate surface area is 181 Å². The van der Waals surface area contributed by atoms with Crippen molar-refractivity contribution in [2.45, 2.75) is 51.5 Å². The quantitative estimate of drug-likeness (QED) is 0.582. The number of fused-ring (bicyclic) bond motifs is 1. The summed E-state index contributed by atoms with van der Waals surface area (Å²) in [7, 11) is 0. The summed E-state index contributed by atoms with van der Waals surface area (Å²) < 4.78 is 17.1. The summed E-state index contributed by atoms with van der Waals surface area (Å²) in [5, 5.41) is 3.42. The number of carbonyl (C=O) groups is 1. The van der Waals surface area contributed by atoms with Gasteiger partial charge in [-0.05, 0) is 43.0 Å². The first-order valence-corrected chi connectivity index (χ1v) is 10.9. The molecule has 2 aromatic carbocycles. The van der Waals surface area contributed by atoms with Gasteiger partial charge in [0.25, 0.3) is 5.91 Å². The normalized spacial score (nSPS) is 14.4. The van der Waals surface area contributed by atoms with Gasteiger partial charge in [0.1, 0.15) is 23.3 Å². The van der Waals surface area contributed by atoms with Crippen LogP contribution in [0.1, 0.15) is 44.6 Å². The van der Waals surface area contributed by atoms with E-state index in [0.717, 1.165) is 37.7 Å². The summed E-state index contributed by atoms with van der Waals surface area (Å²) in [5.74, 6) is 1.11. The number of aryl methyl sites for hydroxylation is 1. The summed E-state index contributed by atoms with van der Waals surface area (Å²) in [6.07, 6.45) is 7.72. The highest BCUT2D eigenvalue weighted by Crippen LogP contribution is 2.26. The third kappa shape index (κ3) is 5.08. The zero-order chi connectivity index (χ0) is 21.6. The molecule has 31 heavy (non-hydrogen) atoms. The highest BCUT2D eigenvalue weighted by molar-refractivity contribution is 5.80. The van der Waals surface area contributed by atoms with Crippen LogP contribution in [0.3, 0.4) is 0 Å². The molecular formula is C25H27NO5. The SMILES string of the molecule is CCc1ccccc1Oc1coc2cc(OCC(=O)NC3CCCCC3)ccc2c1=O. The lowest BCUT2D eigenvalue weighted by Crippen LogP contribution is -2.38. The summed E-state index contributed by atoms with van der Waals surface area (Å²) in [5.41, 5.74) is 1.14. The van der Waals surface area contributed by atoms with Crippen LogP contribution in [0.15, 0.2) is 57.9 Å². The maximum Gasteiger partial charge on any atom is 0.258 e. The van der Waals surface area contributed by atoms with Crippen molar-refractivity contribution in [1.82, 2.24) is 5.32 Å². The molecule has 6 nitrogen and oxygen atoms in total. The van der Waals surface area contributed by atoms with Crippen molar-refractivity contribution in [2.24, 2.45) is 0 Å². The van der Waals surface area contributed by atoms with E-state index in [0.29, 0.717) is 22.5 Å². The number of benzene rings is 2. The Hall–Kier alpha value is -3.28. The van der Waals surface area contributed by atoms with Gasteiger partial charge in [-0.2, -0.15) is 0 Å². The minimum Gasteiger partial charge on any atom is -0.484 e. The topological polar surface area (TPSA) is 77.8 Å². The summed E-state index contributed by atoms with van der Waals surface area (Å²) >= 11 is 0. The molecule has 1 aromatic heterocycles. The van der Waals surface area contributed by atoms with Crippen LogP contribution in [-0.4, -0.2) is 18.6 Å². The van der Waals surface area contributed by atoms with Crippen LogP contribution in [0.5, 0.6) is 17.2 Å². The number of hydrogen-bond donors (Lipinski definition) is 1. The highest BCUT2D eigenvalue weighted by atomic mass is 16.5. The third-order valence-electron chi connectivity index (χ3n) is 5.63. The zero-order valence-electron chi connectivity index (χ0n) is 17.7. The second-order valence-electron chi connectivity index (χ2n) is 7.84. The van der Waals surface area contributed by atoms with E-state index in [-0.39, 0.29) is 29.7 Å². The van der Waals surface area contributed by atoms with Crippen LogP contribution >= 0.6 is 0 Å². The van der Waals surface area contributed by atoms with Gasteiger partial charge < -0.3 is 19.2 Å². The van der Waals surface area contributed by atoms with Crippen LogP contribution in [0.2, 0.25) is 0 Å². The Morgan fingerprint density at radius 3 is 2.71 bits per heavy atom. The first-order chi connectivity index (χ1) is 15.1. The second kappa shape index (κ2) is 9.69. The molecule has 1 heterocycles. The van der Waals surface area contributed by atoms with E-state index in [2.05, 4.69) is 5.32 Å². The van der Waals surface area contributed by atoms with Crippen molar-refractivity contribution >= 4 is 16.9 Å². The van der Waals surface area contributed by atoms with Crippen molar-refractivity contribution in [1.29, 1.82) is 0 Å². The van der Waals surface area contributed by atoms with E-state index in [1.165, 1.54) is 12.7 Å². The highest BCUT2D eigenvalue weighted by Gasteiger charge is 2.16. The van der Waals surface area contributed by atoms with Gasteiger partial charge >= 0.3 is 0 Å². The summed E-state index contributed by atoms with van der Waals surface area (Å²) in [6, 6.07) is 12.8. The molecule has 1 aliphatic rings. The minimum atomic E-state index is -0.256. The predicted molar refractivity (Wildman–Crippen MR) is 119 cm³/mol. The molecule has 1 fully saturated rings. The lowest BCUT2D eigenvalue weighted by molar-refractivity contribution is -0.124. The number of amides is 1. The van der Waals surface area contributed by atoms with E-state index in [9.17, 15) is 9.59 Å². The number of rotatable bonds is 7. The molecule has 1 N–H and O–H groups in total. The number of nitrogens with one attached hydrogen (secondary N) is 1. The Balaban J connectivity index is 1.44. The number of ether oxygens (including phenoxy) is 2. The van der Waals surface area contributed by atoms with Gasteiger partial charge in [0.05, 0.1) is 5.39 Å². The number of para-hydroxylation sites is 1. The van der Waals surface area contributed by atoms with Gasteiger partial charge in [-0.3, -0.25) is 9.59 Å². The third-order valence-corrected chi connectivity index (χ3v) is 5.63. The molecule has 0 atom stereocenters. The van der Waals surface area contributed by atoms with Gasteiger partial charge in [-0.1, -0.05) is 44.4 Å². The zero-order valence-corrected chi connectivity index (χ0v) is 17.7. The van der Waals surface area contributed by atoms with Crippen molar-refractivity contribution < 1.29 is 18.7 Å². The predicted octanol–water partition coefficient (Wildman–Crippen LogP) is 4.98. The fourth-order valence-electron chi connectivity index (χ4n) is 3.93. The van der Waals surface area contributed by atoms with Crippen LogP contribution < -0.4 is 20.2 Å². The lowest BCUT2D eigenvalue weighted by atomic mass is 9.95. The molecule has 0 bridgehead atoms. The standard InChI is InChI=1S/C25H27NO5/c1-2-17-8-6-7-11-21(17)31-23-15-30-22-14-19(12-13-20(22)25(23)28)29-16-24(27)26-18-9-4-3-5-10-18/h6-8,11-15,18H,2-5,9-10,16H2,1H3,(H,26,27). The van der Waals surface area contributed by atoms with E-state index >= 15 is 0 Å². The van der Waals surface area contributed by atoms with E-state index in [1.54, 1.807) is 18.2 Å². The Morgan fingerprint density at radius 1 is 1.10 bits per heavy atom. The lowest BCUT2D eigenvalue weighted by Gasteiger charge is -2.22. The molecule has 1 saturated carbocycles. The average Bonchev–Trinajstić information content (AvgIpc) is 2.80. The smallest absolute Gasteiger partial charge is 0.258 e. The van der Waals surface area contributed by atoms with Gasteiger partial charge in [0.15, 0.2) is 6.61 Å². The van der Waals surface area contributed by atoms with Crippen molar-refractivity contribution in [2.75, 3.05) is 6.61 Å². The first-order valence-electron chi connectivity index (χ1n) is 10.9. The summed E-state index contributed by atoms with van der Waals surface area (Å²) in [4.78, 5) is 25.0. The van der Waals surface area contributed by atoms with Crippen molar-refractivity contribution in [3.05, 3.63) is 64.5 Å². The molecule has 0 radical (unpaired) electrons. The number of hydrogen-bond acceptors (Lipinski definition) is 5. The Morgan fingerprint density at radius 2 is 1.90 bits per heavy atom. The van der Waals surface area contributed by atoms with E-state index in [4.69, 9.17) is 13.9 Å². The van der Waals surface area contributed by atoms with Crippen LogP contribution in [0.4, 0.5) is 0 Å². The van der Waals surface area contributed by atoms with Crippen LogP contribution in [0.25, 0.3) is 11.0 Å². The van der Waals surface area contributed by atoms with Crippen LogP contribution in [-0.2, 0) is 11.2 Å². The molecule has 0 spiro atoms. The van der Waals surface area contributed by atoms with Crippen molar-refractivity contribution in [3.63, 3.8) is 0 Å². The maximum absolute atomic E-state index is 12.8. The monoisotopic (exact) mass is 421 g/mol. The molecule has 4 rings (SSSR count). The van der Waals surface area contributed by atoms with Gasteiger partial charge in [0.2, 0.25) is 11.2 Å². The molecule has 0 aliphatic heterocycles.